The lowest BCUT2D eigenvalue weighted by molar-refractivity contribution is -0.141. The third-order valence-electron chi connectivity index (χ3n) is 5.13. The number of rotatable bonds is 4. The van der Waals surface area contributed by atoms with Crippen LogP contribution in [-0.4, -0.2) is 29.5 Å². The van der Waals surface area contributed by atoms with Crippen LogP contribution in [0.3, 0.4) is 0 Å². The minimum Gasteiger partial charge on any atom is -0.334 e. The molecule has 14 heteroatoms. The Bertz CT molecular complexity index is 1510. The van der Waals surface area contributed by atoms with Gasteiger partial charge in [-0.1, -0.05) is 30.3 Å². The molecular weight excluding hydrogens is 658 g/mol. The largest absolute Gasteiger partial charge is 0.434 e. The molecule has 0 spiro atoms. The predicted molar refractivity (Wildman–Crippen MR) is 138 cm³/mol. The maximum absolute atomic E-state index is 13.0. The molecule has 1 aromatic carbocycles. The van der Waals surface area contributed by atoms with Gasteiger partial charge in [0.05, 0.1) is 6.20 Å². The Hall–Kier alpha value is -3.52. The van der Waals surface area contributed by atoms with Crippen LogP contribution in [0.5, 0.6) is 0 Å². The van der Waals surface area contributed by atoms with Gasteiger partial charge in [-0.2, -0.15) is 26.3 Å². The molecule has 4 heterocycles. The minimum absolute atomic E-state index is 0.146. The lowest BCUT2D eigenvalue weighted by Gasteiger charge is -2.07. The minimum atomic E-state index is -4.49. The van der Waals surface area contributed by atoms with E-state index in [1.807, 2.05) is 30.3 Å². The highest BCUT2D eigenvalue weighted by Gasteiger charge is 2.35. The second-order valence-electron chi connectivity index (χ2n) is 7.94. The van der Waals surface area contributed by atoms with E-state index in [1.165, 1.54) is 17.0 Å². The third kappa shape index (κ3) is 7.53. The molecule has 4 aromatic heterocycles. The van der Waals surface area contributed by atoms with Crippen molar-refractivity contribution in [1.82, 2.24) is 29.5 Å². The number of nitrogens with zero attached hydrogens (tertiary/aromatic N) is 5. The maximum Gasteiger partial charge on any atom is 0.434 e. The van der Waals surface area contributed by atoms with E-state index in [4.69, 9.17) is 0 Å². The van der Waals surface area contributed by atoms with Crippen molar-refractivity contribution in [2.45, 2.75) is 18.9 Å². The highest BCUT2D eigenvalue weighted by atomic mass is 79.9. The average molecular weight is 674 g/mol. The zero-order valence-electron chi connectivity index (χ0n) is 19.5. The maximum atomic E-state index is 13.0. The van der Waals surface area contributed by atoms with Crippen molar-refractivity contribution in [3.8, 4) is 22.8 Å². The van der Waals surface area contributed by atoms with E-state index in [-0.39, 0.29) is 11.6 Å². The number of nitrogens with one attached hydrogen (secondary N) is 1. The fraction of sp³-hybridized carbons (Fsp3) is 0.120. The topological polar surface area (TPSA) is 72.3 Å². The molecule has 0 unspecified atom stereocenters. The van der Waals surface area contributed by atoms with Crippen LogP contribution in [0.2, 0.25) is 0 Å². The average Bonchev–Trinajstić information content (AvgIpc) is 3.54. The van der Waals surface area contributed by atoms with Crippen LogP contribution in [0.4, 0.5) is 26.3 Å². The van der Waals surface area contributed by atoms with Crippen molar-refractivity contribution < 1.29 is 26.3 Å². The van der Waals surface area contributed by atoms with Crippen LogP contribution in [0.15, 0.2) is 88.6 Å². The first kappa shape index (κ1) is 28.5. The number of benzene rings is 1. The van der Waals surface area contributed by atoms with Crippen LogP contribution < -0.4 is 0 Å². The van der Waals surface area contributed by atoms with E-state index in [0.29, 0.717) is 26.9 Å². The molecule has 0 radical (unpaired) electrons. The Kier molecular flexibility index (Phi) is 8.54. The van der Waals surface area contributed by atoms with Crippen molar-refractivity contribution in [1.29, 1.82) is 0 Å². The summed E-state index contributed by atoms with van der Waals surface area (Å²) in [6.45, 7) is 0.301. The normalized spacial score (nSPS) is 11.7. The summed E-state index contributed by atoms with van der Waals surface area (Å²) >= 11 is 6.34. The summed E-state index contributed by atoms with van der Waals surface area (Å²) in [5.74, 6) is 0.383. The second kappa shape index (κ2) is 11.7. The Labute approximate surface area is 234 Å². The van der Waals surface area contributed by atoms with Crippen LogP contribution in [0.1, 0.15) is 17.0 Å². The van der Waals surface area contributed by atoms with E-state index < -0.39 is 23.7 Å². The van der Waals surface area contributed by atoms with Gasteiger partial charge in [-0.05, 0) is 61.7 Å². The van der Waals surface area contributed by atoms with Gasteiger partial charge in [0.1, 0.15) is 26.5 Å². The van der Waals surface area contributed by atoms with Crippen molar-refractivity contribution in [3.05, 3.63) is 106 Å². The summed E-state index contributed by atoms with van der Waals surface area (Å²) in [6.07, 6.45) is -4.17. The van der Waals surface area contributed by atoms with Crippen molar-refractivity contribution in [2.75, 3.05) is 0 Å². The van der Waals surface area contributed by atoms with Crippen molar-refractivity contribution in [3.63, 3.8) is 0 Å². The summed E-state index contributed by atoms with van der Waals surface area (Å²) in [5.41, 5.74) is 0.139. The molecule has 0 aliphatic carbocycles. The van der Waals surface area contributed by atoms with E-state index >= 15 is 0 Å². The number of H-pyrrole nitrogens is 1. The van der Waals surface area contributed by atoms with Gasteiger partial charge in [0.25, 0.3) is 0 Å². The van der Waals surface area contributed by atoms with Crippen molar-refractivity contribution in [2.24, 2.45) is 0 Å². The monoisotopic (exact) mass is 672 g/mol. The summed E-state index contributed by atoms with van der Waals surface area (Å²) in [7, 11) is 0. The van der Waals surface area contributed by atoms with E-state index in [9.17, 15) is 26.3 Å². The first-order chi connectivity index (χ1) is 18.4. The number of hydrogen-bond acceptors (Lipinski definition) is 4. The van der Waals surface area contributed by atoms with Crippen molar-refractivity contribution >= 4 is 31.9 Å². The molecule has 0 fully saturated rings. The molecule has 0 atom stereocenters. The number of hydrogen-bond donors (Lipinski definition) is 1. The lowest BCUT2D eigenvalue weighted by atomic mass is 10.2. The second-order valence-corrected chi connectivity index (χ2v) is 9.57. The zero-order chi connectivity index (χ0) is 28.2. The van der Waals surface area contributed by atoms with Gasteiger partial charge in [-0.15, -0.1) is 0 Å². The van der Waals surface area contributed by atoms with Gasteiger partial charge in [0.2, 0.25) is 0 Å². The molecule has 0 saturated carbocycles. The zero-order valence-corrected chi connectivity index (χ0v) is 22.6. The van der Waals surface area contributed by atoms with Gasteiger partial charge in [0.15, 0.2) is 5.69 Å². The quantitative estimate of drug-likeness (QED) is 0.155. The molecule has 0 saturated heterocycles. The number of aromatic amines is 1. The fourth-order valence-electron chi connectivity index (χ4n) is 3.32. The van der Waals surface area contributed by atoms with Gasteiger partial charge in [0, 0.05) is 36.3 Å². The molecule has 0 amide bonds. The molecule has 202 valence electrons. The number of alkyl halides is 6. The first-order valence-electron chi connectivity index (χ1n) is 10.9. The SMILES string of the molecule is FC(F)(F)c1cn(Cc2ccccc2)c(-c2ccc(Br)nc2)n1.FC(F)(F)c1cnc(-c2ccc(Br)nc2)[nH]1. The van der Waals surface area contributed by atoms with Crippen LogP contribution in [0.25, 0.3) is 22.8 Å². The van der Waals surface area contributed by atoms with Gasteiger partial charge >= 0.3 is 12.4 Å². The Balaban J connectivity index is 0.000000193. The molecule has 0 aliphatic heterocycles. The van der Waals surface area contributed by atoms with Gasteiger partial charge < -0.3 is 9.55 Å². The molecule has 0 aliphatic rings. The van der Waals surface area contributed by atoms with Crippen LogP contribution in [-0.2, 0) is 18.9 Å². The number of pyridine rings is 2. The summed E-state index contributed by atoms with van der Waals surface area (Å²) in [6, 6.07) is 15.9. The summed E-state index contributed by atoms with van der Waals surface area (Å²) in [5, 5.41) is 0. The number of aromatic nitrogens is 6. The number of halogens is 8. The highest BCUT2D eigenvalue weighted by molar-refractivity contribution is 9.10. The fourth-order valence-corrected chi connectivity index (χ4v) is 3.79. The van der Waals surface area contributed by atoms with Crippen LogP contribution >= 0.6 is 31.9 Å². The Morgan fingerprint density at radius 2 is 1.33 bits per heavy atom. The summed E-state index contributed by atoms with van der Waals surface area (Å²) in [4.78, 5) is 17.6. The lowest BCUT2D eigenvalue weighted by Crippen LogP contribution is -2.05. The third-order valence-corrected chi connectivity index (χ3v) is 6.07. The van der Waals surface area contributed by atoms with E-state index in [1.54, 1.807) is 24.3 Å². The molecule has 1 N–H and O–H groups in total. The standard InChI is InChI=1S/C16H11BrF3N3.C9H5BrF3N3/c17-14-7-6-12(8-21-14)15-22-13(16(18,19)20)10-23(15)9-11-4-2-1-3-5-11;10-7-2-1-5(3-14-7)8-15-4-6(16-8)9(11,12)13/h1-8,10H,9H2;1-4H,(H,15,16). The molecule has 5 rings (SSSR count). The van der Waals surface area contributed by atoms with E-state index in [2.05, 4.69) is 56.8 Å². The molecular formula is C25H16Br2F6N6. The molecule has 6 nitrogen and oxygen atoms in total. The smallest absolute Gasteiger partial charge is 0.334 e. The Morgan fingerprint density at radius 3 is 1.85 bits per heavy atom. The predicted octanol–water partition coefficient (Wildman–Crippen LogP) is 8.03. The van der Waals surface area contributed by atoms with Gasteiger partial charge in [-0.25, -0.2) is 19.9 Å². The summed E-state index contributed by atoms with van der Waals surface area (Å²) < 4.78 is 78.6. The van der Waals surface area contributed by atoms with E-state index in [0.717, 1.165) is 18.0 Å². The van der Waals surface area contributed by atoms with Gasteiger partial charge in [-0.3, -0.25) is 0 Å². The highest BCUT2D eigenvalue weighted by Crippen LogP contribution is 2.32. The number of imidazole rings is 2. The molecule has 5 aromatic rings. The van der Waals surface area contributed by atoms with Crippen LogP contribution in [0, 0.1) is 0 Å². The Morgan fingerprint density at radius 1 is 0.718 bits per heavy atom. The first-order valence-corrected chi connectivity index (χ1v) is 12.5. The molecule has 0 bridgehead atoms. The molecule has 39 heavy (non-hydrogen) atoms.